The van der Waals surface area contributed by atoms with Crippen LogP contribution in [0, 0.1) is 5.41 Å². The van der Waals surface area contributed by atoms with Gasteiger partial charge in [-0.25, -0.2) is 0 Å². The predicted molar refractivity (Wildman–Crippen MR) is 118 cm³/mol. The monoisotopic (exact) mass is 483 g/mol. The summed E-state index contributed by atoms with van der Waals surface area (Å²) in [5.74, 6) is 0.846. The molecule has 3 N–H and O–H groups in total. The number of nitrogens with one attached hydrogen (secondary N) is 3. The van der Waals surface area contributed by atoms with E-state index in [1.807, 2.05) is 27.7 Å². The van der Waals surface area contributed by atoms with E-state index >= 15 is 0 Å². The van der Waals surface area contributed by atoms with E-state index in [0.717, 1.165) is 38.8 Å². The number of ether oxygens (including phenoxy) is 1. The van der Waals surface area contributed by atoms with E-state index in [4.69, 9.17) is 9.73 Å². The fraction of sp³-hybridized carbons (Fsp3) is 0.889. The van der Waals surface area contributed by atoms with Crippen molar-refractivity contribution in [2.24, 2.45) is 10.4 Å². The average molecular weight is 483 g/mol. The number of carbonyl (C=O) groups excluding carboxylic acids is 1. The van der Waals surface area contributed by atoms with E-state index in [2.05, 4.69) is 34.7 Å². The topological polar surface area (TPSA) is 78.0 Å². The van der Waals surface area contributed by atoms with Gasteiger partial charge in [0.25, 0.3) is 0 Å². The van der Waals surface area contributed by atoms with Crippen LogP contribution in [0.2, 0.25) is 0 Å². The van der Waals surface area contributed by atoms with Gasteiger partial charge in [-0.15, -0.1) is 24.0 Å². The lowest BCUT2D eigenvalue weighted by Crippen LogP contribution is -2.52. The van der Waals surface area contributed by atoms with Crippen molar-refractivity contribution in [1.82, 2.24) is 20.9 Å². The Balaban J connectivity index is 0.00000625. The Morgan fingerprint density at radius 3 is 2.15 bits per heavy atom. The normalized spacial score (nSPS) is 16.6. The molecule has 0 aromatic rings. The van der Waals surface area contributed by atoms with Gasteiger partial charge < -0.3 is 20.7 Å². The molecule has 1 amide bonds. The van der Waals surface area contributed by atoms with Crippen molar-refractivity contribution in [3.63, 3.8) is 0 Å². The number of amides is 1. The quantitative estimate of drug-likeness (QED) is 0.221. The summed E-state index contributed by atoms with van der Waals surface area (Å²) in [6, 6.07) is 0. The number of rotatable bonds is 7. The summed E-state index contributed by atoms with van der Waals surface area (Å²) < 4.78 is 5.43. The Morgan fingerprint density at radius 2 is 1.62 bits per heavy atom. The lowest BCUT2D eigenvalue weighted by atomic mass is 9.96. The van der Waals surface area contributed by atoms with Crippen molar-refractivity contribution in [1.29, 1.82) is 0 Å². The molecule has 0 unspecified atom stereocenters. The molecule has 0 radical (unpaired) electrons. The van der Waals surface area contributed by atoms with Gasteiger partial charge in [0.05, 0.1) is 19.8 Å². The molecule has 7 nitrogen and oxygen atoms in total. The van der Waals surface area contributed by atoms with E-state index in [9.17, 15) is 4.79 Å². The summed E-state index contributed by atoms with van der Waals surface area (Å²) in [7, 11) is 0. The second-order valence-corrected chi connectivity index (χ2v) is 8.04. The highest BCUT2D eigenvalue weighted by molar-refractivity contribution is 14.0. The summed E-state index contributed by atoms with van der Waals surface area (Å²) in [6.07, 6.45) is 0. The minimum absolute atomic E-state index is 0. The van der Waals surface area contributed by atoms with E-state index in [-0.39, 0.29) is 40.8 Å². The van der Waals surface area contributed by atoms with E-state index in [1.54, 1.807) is 0 Å². The summed E-state index contributed by atoms with van der Waals surface area (Å²) in [5.41, 5.74) is -0.368. The molecule has 0 atom stereocenters. The Kier molecular flexibility index (Phi) is 11.7. The van der Waals surface area contributed by atoms with Gasteiger partial charge in [0.2, 0.25) is 5.91 Å². The highest BCUT2D eigenvalue weighted by Crippen LogP contribution is 2.16. The van der Waals surface area contributed by atoms with Gasteiger partial charge in [0, 0.05) is 43.7 Å². The first-order valence-electron chi connectivity index (χ1n) is 9.30. The molecule has 1 rings (SSSR count). The van der Waals surface area contributed by atoms with Crippen molar-refractivity contribution in [2.45, 2.75) is 47.1 Å². The standard InChI is InChI=1S/C18H37N5O2.HI/c1-7-19-16(21-9-8-20-15(24)17(2,3)4)22-14-18(5,6)23-10-12-25-13-11-23;/h7-14H2,1-6H3,(H,20,24)(H2,19,21,22);1H. The summed E-state index contributed by atoms with van der Waals surface area (Å²) in [6.45, 7) is 18.4. The minimum atomic E-state index is -0.360. The lowest BCUT2D eigenvalue weighted by Gasteiger charge is -2.39. The average Bonchev–Trinajstić information content (AvgIpc) is 2.56. The SMILES string of the molecule is CCNC(=NCC(C)(C)N1CCOCC1)NCCNC(=O)C(C)(C)C.I. The van der Waals surface area contributed by atoms with Crippen LogP contribution in [0.4, 0.5) is 0 Å². The number of morpholine rings is 1. The lowest BCUT2D eigenvalue weighted by molar-refractivity contribution is -0.128. The van der Waals surface area contributed by atoms with Crippen LogP contribution < -0.4 is 16.0 Å². The molecule has 1 aliphatic rings. The first-order chi connectivity index (χ1) is 11.7. The van der Waals surface area contributed by atoms with Crippen molar-refractivity contribution in [3.05, 3.63) is 0 Å². The number of hydrogen-bond acceptors (Lipinski definition) is 4. The third-order valence-electron chi connectivity index (χ3n) is 4.22. The third-order valence-corrected chi connectivity index (χ3v) is 4.22. The fourth-order valence-electron chi connectivity index (χ4n) is 2.51. The molecule has 0 aromatic heterocycles. The van der Waals surface area contributed by atoms with Gasteiger partial charge in [0.1, 0.15) is 0 Å². The Hall–Kier alpha value is -0.610. The predicted octanol–water partition coefficient (Wildman–Crippen LogP) is 1.43. The maximum atomic E-state index is 11.9. The van der Waals surface area contributed by atoms with Crippen molar-refractivity contribution in [3.8, 4) is 0 Å². The number of hydrogen-bond donors (Lipinski definition) is 3. The number of carbonyl (C=O) groups is 1. The Labute approximate surface area is 176 Å². The van der Waals surface area contributed by atoms with Gasteiger partial charge in [0.15, 0.2) is 5.96 Å². The van der Waals surface area contributed by atoms with Crippen LogP contribution in [0.3, 0.4) is 0 Å². The van der Waals surface area contributed by atoms with Crippen LogP contribution in [0.5, 0.6) is 0 Å². The second-order valence-electron chi connectivity index (χ2n) is 8.04. The molecule has 0 bridgehead atoms. The van der Waals surface area contributed by atoms with Gasteiger partial charge in [-0.1, -0.05) is 20.8 Å². The smallest absolute Gasteiger partial charge is 0.225 e. The largest absolute Gasteiger partial charge is 0.379 e. The maximum absolute atomic E-state index is 11.9. The van der Waals surface area contributed by atoms with Gasteiger partial charge in [-0.2, -0.15) is 0 Å². The molecule has 0 spiro atoms. The van der Waals surface area contributed by atoms with Crippen LogP contribution in [0.1, 0.15) is 41.5 Å². The van der Waals surface area contributed by atoms with E-state index in [0.29, 0.717) is 19.6 Å². The maximum Gasteiger partial charge on any atom is 0.225 e. The van der Waals surface area contributed by atoms with Crippen LogP contribution in [0.25, 0.3) is 0 Å². The molecule has 26 heavy (non-hydrogen) atoms. The first-order valence-corrected chi connectivity index (χ1v) is 9.30. The molecule has 0 aliphatic carbocycles. The van der Waals surface area contributed by atoms with Crippen molar-refractivity contribution < 1.29 is 9.53 Å². The molecule has 0 saturated carbocycles. The third kappa shape index (κ3) is 9.36. The zero-order valence-electron chi connectivity index (χ0n) is 17.3. The van der Waals surface area contributed by atoms with Gasteiger partial charge >= 0.3 is 0 Å². The molecule has 8 heteroatoms. The van der Waals surface area contributed by atoms with Crippen LogP contribution in [-0.4, -0.2) is 74.8 Å². The Morgan fingerprint density at radius 1 is 1.04 bits per heavy atom. The number of aliphatic imine (C=N–C) groups is 1. The summed E-state index contributed by atoms with van der Waals surface area (Å²) in [5, 5.41) is 9.48. The molecule has 1 saturated heterocycles. The zero-order chi connectivity index (χ0) is 18.9. The summed E-state index contributed by atoms with van der Waals surface area (Å²) in [4.78, 5) is 19.0. The summed E-state index contributed by atoms with van der Waals surface area (Å²) >= 11 is 0. The van der Waals surface area contributed by atoms with Gasteiger partial charge in [-0.3, -0.25) is 14.7 Å². The Bertz CT molecular complexity index is 443. The number of nitrogens with zero attached hydrogens (tertiary/aromatic N) is 2. The molecule has 0 aromatic carbocycles. The number of guanidine groups is 1. The highest BCUT2D eigenvalue weighted by atomic mass is 127. The highest BCUT2D eigenvalue weighted by Gasteiger charge is 2.28. The van der Waals surface area contributed by atoms with Crippen LogP contribution in [-0.2, 0) is 9.53 Å². The second kappa shape index (κ2) is 12.0. The molecular formula is C18H38IN5O2. The molecular weight excluding hydrogens is 445 g/mol. The zero-order valence-corrected chi connectivity index (χ0v) is 19.6. The molecule has 154 valence electrons. The van der Waals surface area contributed by atoms with E-state index < -0.39 is 0 Å². The molecule has 1 fully saturated rings. The number of halogens is 1. The van der Waals surface area contributed by atoms with Crippen LogP contribution in [0.15, 0.2) is 4.99 Å². The fourth-order valence-corrected chi connectivity index (χ4v) is 2.51. The van der Waals surface area contributed by atoms with Gasteiger partial charge in [-0.05, 0) is 20.8 Å². The molecule has 1 heterocycles. The van der Waals surface area contributed by atoms with Crippen molar-refractivity contribution in [2.75, 3.05) is 52.5 Å². The molecule has 1 aliphatic heterocycles. The van der Waals surface area contributed by atoms with Crippen molar-refractivity contribution >= 4 is 35.8 Å². The van der Waals surface area contributed by atoms with Crippen LogP contribution >= 0.6 is 24.0 Å². The minimum Gasteiger partial charge on any atom is -0.379 e. The van der Waals surface area contributed by atoms with E-state index in [1.165, 1.54) is 0 Å². The first kappa shape index (κ1) is 25.4.